The summed E-state index contributed by atoms with van der Waals surface area (Å²) in [6.45, 7) is 8.52. The highest BCUT2D eigenvalue weighted by molar-refractivity contribution is 5.31. The molecular formula is C29H41F3N2. The number of alkyl halides is 3. The molecule has 188 valence electrons. The van der Waals surface area contributed by atoms with Gasteiger partial charge in [0, 0.05) is 0 Å². The van der Waals surface area contributed by atoms with Gasteiger partial charge in [-0.05, 0) is 128 Å². The molecule has 0 unspecified atom stereocenters. The number of hydrogen-bond donors (Lipinski definition) is 0. The molecule has 0 bridgehead atoms. The maximum Gasteiger partial charge on any atom is 0.416 e. The molecule has 2 aromatic carbocycles. The second-order valence-corrected chi connectivity index (χ2v) is 10.6. The van der Waals surface area contributed by atoms with Gasteiger partial charge in [-0.25, -0.2) is 0 Å². The van der Waals surface area contributed by atoms with Crippen molar-refractivity contribution in [3.05, 3.63) is 70.3 Å². The van der Waals surface area contributed by atoms with Crippen molar-refractivity contribution in [2.75, 3.05) is 40.3 Å². The lowest BCUT2D eigenvalue weighted by Crippen LogP contribution is -2.31. The van der Waals surface area contributed by atoms with Crippen LogP contribution in [0.3, 0.4) is 0 Å². The zero-order chi connectivity index (χ0) is 24.7. The molecule has 0 saturated carbocycles. The Hall–Kier alpha value is -1.85. The third kappa shape index (κ3) is 8.74. The fourth-order valence-corrected chi connectivity index (χ4v) is 5.07. The van der Waals surface area contributed by atoms with Crippen molar-refractivity contribution in [1.29, 1.82) is 0 Å². The van der Waals surface area contributed by atoms with Gasteiger partial charge in [0.05, 0.1) is 5.56 Å². The number of likely N-dealkylation sites (tertiary alicyclic amines) is 2. The number of aryl methyl sites for hydroxylation is 2. The monoisotopic (exact) mass is 474 g/mol. The normalized spacial score (nSPS) is 19.0. The van der Waals surface area contributed by atoms with Gasteiger partial charge in [-0.1, -0.05) is 41.5 Å². The first kappa shape index (κ1) is 26.7. The Labute approximate surface area is 204 Å². The van der Waals surface area contributed by atoms with Crippen LogP contribution in [0.5, 0.6) is 0 Å². The molecule has 4 rings (SSSR count). The molecule has 2 fully saturated rings. The minimum atomic E-state index is -4.24. The highest BCUT2D eigenvalue weighted by Gasteiger charge is 2.31. The molecule has 0 amide bonds. The van der Waals surface area contributed by atoms with E-state index in [1.54, 1.807) is 6.92 Å². The van der Waals surface area contributed by atoms with Crippen molar-refractivity contribution in [3.63, 3.8) is 0 Å². The van der Waals surface area contributed by atoms with Crippen molar-refractivity contribution < 1.29 is 13.2 Å². The van der Waals surface area contributed by atoms with Crippen LogP contribution < -0.4 is 0 Å². The molecular weight excluding hydrogens is 433 g/mol. The SMILES string of the molecule is Cc1cc(CC2CCN(C)CC2)cc(C(F)(F)F)c1.Cc1ccc(CC2CCN(C)CC2)cc1. The molecule has 2 saturated heterocycles. The fourth-order valence-electron chi connectivity index (χ4n) is 5.07. The molecule has 2 aliphatic rings. The van der Waals surface area contributed by atoms with Gasteiger partial charge in [-0.3, -0.25) is 0 Å². The van der Waals surface area contributed by atoms with Gasteiger partial charge in [0.2, 0.25) is 0 Å². The van der Waals surface area contributed by atoms with E-state index in [4.69, 9.17) is 0 Å². The van der Waals surface area contributed by atoms with Crippen molar-refractivity contribution in [2.45, 2.75) is 58.5 Å². The third-order valence-electron chi connectivity index (χ3n) is 7.31. The molecule has 2 heterocycles. The first-order chi connectivity index (χ1) is 16.1. The summed E-state index contributed by atoms with van der Waals surface area (Å²) < 4.78 is 38.3. The van der Waals surface area contributed by atoms with E-state index < -0.39 is 11.7 Å². The minimum absolute atomic E-state index is 0.513. The van der Waals surface area contributed by atoms with Crippen LogP contribution >= 0.6 is 0 Å². The predicted molar refractivity (Wildman–Crippen MR) is 135 cm³/mol. The van der Waals surface area contributed by atoms with Crippen LogP contribution in [-0.4, -0.2) is 50.1 Å². The van der Waals surface area contributed by atoms with Crippen molar-refractivity contribution in [3.8, 4) is 0 Å². The van der Waals surface area contributed by atoms with Gasteiger partial charge in [0.15, 0.2) is 0 Å². The van der Waals surface area contributed by atoms with Crippen LogP contribution in [0.15, 0.2) is 42.5 Å². The molecule has 2 aliphatic heterocycles. The summed E-state index contributed by atoms with van der Waals surface area (Å²) in [6, 6.07) is 13.4. The van der Waals surface area contributed by atoms with Crippen LogP contribution in [-0.2, 0) is 19.0 Å². The van der Waals surface area contributed by atoms with E-state index in [2.05, 4.69) is 55.1 Å². The van der Waals surface area contributed by atoms with Crippen LogP contribution in [0, 0.1) is 25.7 Å². The number of hydrogen-bond acceptors (Lipinski definition) is 2. The van der Waals surface area contributed by atoms with Crippen molar-refractivity contribution >= 4 is 0 Å². The first-order valence-electron chi connectivity index (χ1n) is 12.7. The van der Waals surface area contributed by atoms with Crippen molar-refractivity contribution in [1.82, 2.24) is 9.80 Å². The number of rotatable bonds is 4. The van der Waals surface area contributed by atoms with Crippen LogP contribution in [0.1, 0.15) is 53.5 Å². The Morgan fingerprint density at radius 2 is 1.15 bits per heavy atom. The largest absolute Gasteiger partial charge is 0.416 e. The molecule has 0 aromatic heterocycles. The molecule has 0 atom stereocenters. The molecule has 0 aliphatic carbocycles. The maximum absolute atomic E-state index is 12.8. The topological polar surface area (TPSA) is 6.48 Å². The summed E-state index contributed by atoms with van der Waals surface area (Å²) >= 11 is 0. The van der Waals surface area contributed by atoms with E-state index in [1.165, 1.54) is 55.6 Å². The maximum atomic E-state index is 12.8. The lowest BCUT2D eigenvalue weighted by Gasteiger charge is -2.29. The van der Waals surface area contributed by atoms with E-state index in [0.717, 1.165) is 43.8 Å². The second kappa shape index (κ2) is 12.2. The van der Waals surface area contributed by atoms with E-state index in [-0.39, 0.29) is 0 Å². The van der Waals surface area contributed by atoms with E-state index >= 15 is 0 Å². The molecule has 5 heteroatoms. The predicted octanol–water partition coefficient (Wildman–Crippen LogP) is 6.78. The summed E-state index contributed by atoms with van der Waals surface area (Å²) in [5.74, 6) is 1.42. The Balaban J connectivity index is 0.000000196. The summed E-state index contributed by atoms with van der Waals surface area (Å²) in [5, 5.41) is 0. The molecule has 0 radical (unpaired) electrons. The Bertz CT molecular complexity index is 875. The molecule has 34 heavy (non-hydrogen) atoms. The molecule has 0 N–H and O–H groups in total. The Morgan fingerprint density at radius 3 is 1.62 bits per heavy atom. The first-order valence-corrected chi connectivity index (χ1v) is 12.7. The Morgan fingerprint density at radius 1 is 0.676 bits per heavy atom. The standard InChI is InChI=1S/C15H20F3N.C14H21N/c1-11-7-13(10-14(8-11)15(16,17)18)9-12-3-5-19(2)6-4-12;1-12-3-5-13(6-4-12)11-14-7-9-15(2)10-8-14/h7-8,10,12H,3-6,9H2,1-2H3;3-6,14H,7-11H2,1-2H3. The van der Waals surface area contributed by atoms with Crippen LogP contribution in [0.4, 0.5) is 13.2 Å². The van der Waals surface area contributed by atoms with E-state index in [0.29, 0.717) is 11.5 Å². The molecule has 0 spiro atoms. The van der Waals surface area contributed by atoms with Gasteiger partial charge in [-0.2, -0.15) is 13.2 Å². The smallest absolute Gasteiger partial charge is 0.306 e. The molecule has 2 aromatic rings. The number of halogens is 3. The average Bonchev–Trinajstić information content (AvgIpc) is 2.78. The average molecular weight is 475 g/mol. The Kier molecular flexibility index (Phi) is 9.61. The minimum Gasteiger partial charge on any atom is -0.306 e. The summed E-state index contributed by atoms with van der Waals surface area (Å²) in [5.41, 5.74) is 3.87. The number of piperidine rings is 2. The van der Waals surface area contributed by atoms with Gasteiger partial charge in [0.25, 0.3) is 0 Å². The third-order valence-corrected chi connectivity index (χ3v) is 7.31. The number of nitrogens with zero attached hydrogens (tertiary/aromatic N) is 2. The highest BCUT2D eigenvalue weighted by atomic mass is 19.4. The van der Waals surface area contributed by atoms with Crippen molar-refractivity contribution in [2.24, 2.45) is 11.8 Å². The van der Waals surface area contributed by atoms with Gasteiger partial charge in [0.1, 0.15) is 0 Å². The van der Waals surface area contributed by atoms with Gasteiger partial charge in [-0.15, -0.1) is 0 Å². The molecule has 2 nitrogen and oxygen atoms in total. The lowest BCUT2D eigenvalue weighted by molar-refractivity contribution is -0.137. The fraction of sp³-hybridized carbons (Fsp3) is 0.586. The van der Waals surface area contributed by atoms with Gasteiger partial charge >= 0.3 is 6.18 Å². The zero-order valence-electron chi connectivity index (χ0n) is 21.3. The highest BCUT2D eigenvalue weighted by Crippen LogP contribution is 2.32. The quantitative estimate of drug-likeness (QED) is 0.482. The van der Waals surface area contributed by atoms with Gasteiger partial charge < -0.3 is 9.80 Å². The summed E-state index contributed by atoms with van der Waals surface area (Å²) in [6.07, 6.45) is 2.67. The van der Waals surface area contributed by atoms with Crippen LogP contribution in [0.25, 0.3) is 0 Å². The number of benzene rings is 2. The summed E-state index contributed by atoms with van der Waals surface area (Å²) in [4.78, 5) is 4.71. The van der Waals surface area contributed by atoms with Crippen LogP contribution in [0.2, 0.25) is 0 Å². The van der Waals surface area contributed by atoms with E-state index in [1.807, 2.05) is 6.07 Å². The zero-order valence-corrected chi connectivity index (χ0v) is 21.3. The summed E-state index contributed by atoms with van der Waals surface area (Å²) in [7, 11) is 4.31. The lowest BCUT2D eigenvalue weighted by atomic mass is 9.89. The second-order valence-electron chi connectivity index (χ2n) is 10.6. The van der Waals surface area contributed by atoms with E-state index in [9.17, 15) is 13.2 Å².